The average Bonchev–Trinajstić information content (AvgIpc) is 2.51. The minimum atomic E-state index is -0.695. The number of nitrogens with zero attached hydrogens (tertiary/aromatic N) is 1. The number of anilines is 1. The number of halogens is 1. The Kier molecular flexibility index (Phi) is 4.97. The van der Waals surface area contributed by atoms with Crippen molar-refractivity contribution in [3.63, 3.8) is 0 Å². The molecule has 0 spiro atoms. The number of esters is 1. The molecule has 1 aromatic heterocycles. The van der Waals surface area contributed by atoms with Gasteiger partial charge in [-0.05, 0) is 18.2 Å². The van der Waals surface area contributed by atoms with E-state index in [4.69, 9.17) is 11.6 Å². The first-order valence-electron chi connectivity index (χ1n) is 6.38. The maximum Gasteiger partial charge on any atom is 0.339 e. The fourth-order valence-electron chi connectivity index (χ4n) is 1.79. The number of nitrogens with one attached hydrogen (secondary N) is 2. The number of rotatable bonds is 4. The molecule has 2 rings (SSSR count). The molecule has 1 heterocycles. The van der Waals surface area contributed by atoms with Crippen molar-refractivity contribution in [3.8, 4) is 0 Å². The van der Waals surface area contributed by atoms with Crippen molar-refractivity contribution in [2.75, 3.05) is 12.4 Å². The standard InChI is InChI=1S/C14H12ClN3O5/c1-23-13(21)9-6-8(2-3-10(9)15)16-12(20)7-18-5-4-11(19)17-14(18)22/h2-6H,7H2,1H3,(H,16,20)(H,17,19,22). The van der Waals surface area contributed by atoms with E-state index in [1.165, 1.54) is 31.5 Å². The Morgan fingerprint density at radius 2 is 2.04 bits per heavy atom. The van der Waals surface area contributed by atoms with Gasteiger partial charge in [0.1, 0.15) is 6.54 Å². The summed E-state index contributed by atoms with van der Waals surface area (Å²) >= 11 is 5.88. The molecule has 0 bridgehead atoms. The molecule has 0 saturated heterocycles. The summed E-state index contributed by atoms with van der Waals surface area (Å²) in [6.45, 7) is -0.300. The van der Waals surface area contributed by atoms with Crippen LogP contribution in [0.5, 0.6) is 0 Å². The third-order valence-corrected chi connectivity index (χ3v) is 3.20. The van der Waals surface area contributed by atoms with Crippen LogP contribution < -0.4 is 16.6 Å². The molecular weight excluding hydrogens is 326 g/mol. The second-order valence-corrected chi connectivity index (χ2v) is 4.88. The van der Waals surface area contributed by atoms with Crippen LogP contribution in [0.1, 0.15) is 10.4 Å². The van der Waals surface area contributed by atoms with E-state index in [1.807, 2.05) is 4.98 Å². The monoisotopic (exact) mass is 337 g/mol. The second-order valence-electron chi connectivity index (χ2n) is 4.47. The summed E-state index contributed by atoms with van der Waals surface area (Å²) in [7, 11) is 1.21. The molecule has 2 N–H and O–H groups in total. The Bertz CT molecular complexity index is 871. The highest BCUT2D eigenvalue weighted by molar-refractivity contribution is 6.33. The molecule has 2 aromatic rings. The van der Waals surface area contributed by atoms with E-state index in [2.05, 4.69) is 10.1 Å². The number of benzene rings is 1. The minimum Gasteiger partial charge on any atom is -0.465 e. The van der Waals surface area contributed by atoms with Gasteiger partial charge in [-0.3, -0.25) is 19.1 Å². The molecule has 0 aliphatic rings. The summed E-state index contributed by atoms with van der Waals surface area (Å²) in [5.74, 6) is -1.15. The summed E-state index contributed by atoms with van der Waals surface area (Å²) in [6, 6.07) is 5.44. The molecule has 0 saturated carbocycles. The highest BCUT2D eigenvalue weighted by atomic mass is 35.5. The first-order chi connectivity index (χ1) is 10.9. The van der Waals surface area contributed by atoms with E-state index < -0.39 is 23.1 Å². The van der Waals surface area contributed by atoms with Gasteiger partial charge < -0.3 is 10.1 Å². The number of methoxy groups -OCH3 is 1. The number of H-pyrrole nitrogens is 1. The van der Waals surface area contributed by atoms with Crippen molar-refractivity contribution in [1.82, 2.24) is 9.55 Å². The highest BCUT2D eigenvalue weighted by Gasteiger charge is 2.13. The van der Waals surface area contributed by atoms with Gasteiger partial charge >= 0.3 is 11.7 Å². The Morgan fingerprint density at radius 1 is 1.30 bits per heavy atom. The van der Waals surface area contributed by atoms with Crippen LogP contribution in [-0.2, 0) is 16.1 Å². The van der Waals surface area contributed by atoms with Gasteiger partial charge in [-0.25, -0.2) is 9.59 Å². The lowest BCUT2D eigenvalue weighted by molar-refractivity contribution is -0.116. The first kappa shape index (κ1) is 16.5. The molecule has 8 nitrogen and oxygen atoms in total. The van der Waals surface area contributed by atoms with Crippen LogP contribution in [0.2, 0.25) is 5.02 Å². The van der Waals surface area contributed by atoms with Gasteiger partial charge in [-0.15, -0.1) is 0 Å². The van der Waals surface area contributed by atoms with Crippen molar-refractivity contribution in [2.24, 2.45) is 0 Å². The third kappa shape index (κ3) is 4.07. The Hall–Kier alpha value is -2.87. The summed E-state index contributed by atoms with van der Waals surface area (Å²) in [5, 5.41) is 2.71. The number of aromatic amines is 1. The van der Waals surface area contributed by atoms with Gasteiger partial charge in [0.05, 0.1) is 17.7 Å². The van der Waals surface area contributed by atoms with E-state index in [0.717, 1.165) is 10.6 Å². The minimum absolute atomic E-state index is 0.105. The van der Waals surface area contributed by atoms with Crippen LogP contribution >= 0.6 is 11.6 Å². The SMILES string of the molecule is COC(=O)c1cc(NC(=O)Cn2ccc(=O)[nH]c2=O)ccc1Cl. The zero-order valence-corrected chi connectivity index (χ0v) is 12.7. The summed E-state index contributed by atoms with van der Waals surface area (Å²) in [5.41, 5.74) is -0.823. The number of carbonyl (C=O) groups is 2. The zero-order valence-electron chi connectivity index (χ0n) is 12.0. The molecule has 9 heteroatoms. The van der Waals surface area contributed by atoms with Gasteiger partial charge in [0.15, 0.2) is 0 Å². The van der Waals surface area contributed by atoms with Gasteiger partial charge in [-0.2, -0.15) is 0 Å². The highest BCUT2D eigenvalue weighted by Crippen LogP contribution is 2.21. The molecule has 120 valence electrons. The molecule has 0 unspecified atom stereocenters. The summed E-state index contributed by atoms with van der Waals surface area (Å²) < 4.78 is 5.62. The zero-order chi connectivity index (χ0) is 17.0. The fraction of sp³-hybridized carbons (Fsp3) is 0.143. The van der Waals surface area contributed by atoms with E-state index in [0.29, 0.717) is 5.69 Å². The van der Waals surface area contributed by atoms with Crippen molar-refractivity contribution in [3.05, 3.63) is 61.9 Å². The fourth-order valence-corrected chi connectivity index (χ4v) is 1.99. The molecule has 0 aliphatic heterocycles. The smallest absolute Gasteiger partial charge is 0.339 e. The van der Waals surface area contributed by atoms with Gasteiger partial charge in [0.2, 0.25) is 5.91 Å². The molecule has 1 amide bonds. The Balaban J connectivity index is 2.15. The maximum atomic E-state index is 11.9. The predicted molar refractivity (Wildman–Crippen MR) is 82.7 cm³/mol. The summed E-state index contributed by atoms with van der Waals surface area (Å²) in [4.78, 5) is 48.0. The van der Waals surface area contributed by atoms with Crippen LogP contribution in [-0.4, -0.2) is 28.5 Å². The number of ether oxygens (including phenoxy) is 1. The number of amides is 1. The van der Waals surface area contributed by atoms with E-state index in [9.17, 15) is 19.2 Å². The lowest BCUT2D eigenvalue weighted by Crippen LogP contribution is -2.32. The largest absolute Gasteiger partial charge is 0.465 e. The van der Waals surface area contributed by atoms with Gasteiger partial charge in [-0.1, -0.05) is 11.6 Å². The van der Waals surface area contributed by atoms with Crippen molar-refractivity contribution in [2.45, 2.75) is 6.54 Å². The van der Waals surface area contributed by atoms with E-state index in [-0.39, 0.29) is 17.1 Å². The quantitative estimate of drug-likeness (QED) is 0.794. The third-order valence-electron chi connectivity index (χ3n) is 2.87. The van der Waals surface area contributed by atoms with Crippen molar-refractivity contribution in [1.29, 1.82) is 0 Å². The average molecular weight is 338 g/mol. The number of hydrogen-bond donors (Lipinski definition) is 2. The van der Waals surface area contributed by atoms with Crippen LogP contribution in [0.25, 0.3) is 0 Å². The summed E-state index contributed by atoms with van der Waals surface area (Å²) in [6.07, 6.45) is 1.21. The molecule has 0 aliphatic carbocycles. The number of carbonyl (C=O) groups excluding carboxylic acids is 2. The second kappa shape index (κ2) is 6.93. The molecule has 1 aromatic carbocycles. The lowest BCUT2D eigenvalue weighted by atomic mass is 10.2. The Labute approximate surface area is 134 Å². The number of hydrogen-bond acceptors (Lipinski definition) is 5. The number of aromatic nitrogens is 2. The van der Waals surface area contributed by atoms with Crippen LogP contribution in [0.15, 0.2) is 40.1 Å². The maximum absolute atomic E-state index is 11.9. The van der Waals surface area contributed by atoms with Crippen molar-refractivity contribution < 1.29 is 14.3 Å². The molecule has 0 atom stereocenters. The Morgan fingerprint density at radius 3 is 2.70 bits per heavy atom. The molecular formula is C14H12ClN3O5. The first-order valence-corrected chi connectivity index (χ1v) is 6.76. The van der Waals surface area contributed by atoms with Crippen LogP contribution in [0.4, 0.5) is 5.69 Å². The van der Waals surface area contributed by atoms with Crippen LogP contribution in [0, 0.1) is 0 Å². The topological polar surface area (TPSA) is 110 Å². The van der Waals surface area contributed by atoms with Crippen LogP contribution in [0.3, 0.4) is 0 Å². The van der Waals surface area contributed by atoms with E-state index in [1.54, 1.807) is 0 Å². The van der Waals surface area contributed by atoms with Gasteiger partial charge in [0.25, 0.3) is 5.56 Å². The van der Waals surface area contributed by atoms with Gasteiger partial charge in [0, 0.05) is 18.0 Å². The van der Waals surface area contributed by atoms with Crippen molar-refractivity contribution >= 4 is 29.2 Å². The molecule has 23 heavy (non-hydrogen) atoms. The molecule has 0 radical (unpaired) electrons. The lowest BCUT2D eigenvalue weighted by Gasteiger charge is -2.09. The molecule has 0 fully saturated rings. The predicted octanol–water partition coefficient (Wildman–Crippen LogP) is 0.615. The van der Waals surface area contributed by atoms with E-state index >= 15 is 0 Å². The normalized spacial score (nSPS) is 10.2.